The number of methoxy groups -OCH3 is 1. The quantitative estimate of drug-likeness (QED) is 0.638. The number of nitrogens with zero attached hydrogens (tertiary/aromatic N) is 4. The van der Waals surface area contributed by atoms with Gasteiger partial charge in [0.05, 0.1) is 36.3 Å². The number of nitrogens with one attached hydrogen (secondary N) is 1. The van der Waals surface area contributed by atoms with E-state index in [-0.39, 0.29) is 48.1 Å². The summed E-state index contributed by atoms with van der Waals surface area (Å²) in [7, 11) is 1.70. The maximum atomic E-state index is 14.0. The second-order valence-electron chi connectivity index (χ2n) is 10.7. The molecule has 9 nitrogen and oxygen atoms in total. The van der Waals surface area contributed by atoms with Crippen molar-refractivity contribution in [2.45, 2.75) is 74.7 Å². The molecule has 5 heterocycles. The van der Waals surface area contributed by atoms with Crippen molar-refractivity contribution in [3.63, 3.8) is 0 Å². The zero-order valence-corrected chi connectivity index (χ0v) is 20.2. The third-order valence-corrected chi connectivity index (χ3v) is 8.77. The Morgan fingerprint density at radius 3 is 2.86 bits per heavy atom. The number of carbonyl (C=O) groups excluding carboxylic acids is 1. The minimum atomic E-state index is -4.59. The van der Waals surface area contributed by atoms with Crippen LogP contribution in [0, 0.1) is 5.41 Å². The molecule has 1 aromatic rings. The van der Waals surface area contributed by atoms with Crippen LogP contribution < -0.4 is 10.2 Å². The lowest BCUT2D eigenvalue weighted by Gasteiger charge is -2.39. The molecule has 5 aliphatic rings. The van der Waals surface area contributed by atoms with E-state index in [9.17, 15) is 18.0 Å². The minimum Gasteiger partial charge on any atom is -0.379 e. The number of alkyl halides is 3. The molecule has 7 atom stereocenters. The second kappa shape index (κ2) is 9.07. The molecule has 6 rings (SSSR count). The molecule has 0 radical (unpaired) electrons. The molecule has 4 aliphatic heterocycles. The molecule has 5 fully saturated rings. The summed E-state index contributed by atoms with van der Waals surface area (Å²) in [5, 5.41) is 3.73. The van der Waals surface area contributed by atoms with Crippen LogP contribution in [-0.2, 0) is 25.2 Å². The number of halogens is 3. The van der Waals surface area contributed by atoms with E-state index in [1.165, 1.54) is 6.07 Å². The summed E-state index contributed by atoms with van der Waals surface area (Å²) in [6.45, 7) is 2.81. The van der Waals surface area contributed by atoms with Crippen molar-refractivity contribution in [2.75, 3.05) is 44.9 Å². The molecular weight excluding hydrogens is 479 g/mol. The van der Waals surface area contributed by atoms with Gasteiger partial charge in [-0.15, -0.1) is 0 Å². The van der Waals surface area contributed by atoms with Gasteiger partial charge in [-0.25, -0.2) is 9.97 Å². The number of carbonyl (C=O) groups is 1. The van der Waals surface area contributed by atoms with E-state index in [2.05, 4.69) is 15.3 Å². The third-order valence-electron chi connectivity index (χ3n) is 8.77. The maximum absolute atomic E-state index is 14.0. The zero-order chi connectivity index (χ0) is 25.1. The van der Waals surface area contributed by atoms with Crippen LogP contribution in [-0.4, -0.2) is 97.2 Å². The van der Waals surface area contributed by atoms with Gasteiger partial charge in [0, 0.05) is 51.7 Å². The number of anilines is 1. The van der Waals surface area contributed by atoms with Crippen LogP contribution in [0.1, 0.15) is 37.9 Å². The molecule has 0 spiro atoms. The van der Waals surface area contributed by atoms with Gasteiger partial charge in [0.15, 0.2) is 0 Å². The molecule has 0 aromatic carbocycles. The lowest BCUT2D eigenvalue weighted by molar-refractivity contribution is -0.145. The number of amides is 1. The highest BCUT2D eigenvalue weighted by molar-refractivity contribution is 5.85. The molecule has 12 heteroatoms. The maximum Gasteiger partial charge on any atom is 0.451 e. The van der Waals surface area contributed by atoms with Crippen molar-refractivity contribution in [1.82, 2.24) is 20.2 Å². The van der Waals surface area contributed by atoms with Gasteiger partial charge in [-0.2, -0.15) is 13.2 Å². The standard InChI is InChI=1S/C24H32F3N5O4/c1-34-18-13-35-6-3-17(18)29-14-8-19-23(10-14,4-7-36-19)22(33)32-12-15-9-16(32)11-31(15)20-2-5-28-21(30-20)24(25,26)27/h2,5,14-19,29H,3-4,6-13H2,1H3/t14?,15-,16?,17?,18?,19?,23?/m0/s1. The number of hydrogen-bond donors (Lipinski definition) is 1. The van der Waals surface area contributed by atoms with Gasteiger partial charge in [-0.3, -0.25) is 4.79 Å². The topological polar surface area (TPSA) is 89.0 Å². The summed E-state index contributed by atoms with van der Waals surface area (Å²) in [5.74, 6) is -0.730. The van der Waals surface area contributed by atoms with Crippen LogP contribution >= 0.6 is 0 Å². The fourth-order valence-electron chi connectivity index (χ4n) is 7.04. The smallest absolute Gasteiger partial charge is 0.379 e. The Balaban J connectivity index is 1.13. The summed E-state index contributed by atoms with van der Waals surface area (Å²) in [5.41, 5.74) is -0.543. The second-order valence-corrected chi connectivity index (χ2v) is 10.7. The van der Waals surface area contributed by atoms with Crippen LogP contribution in [0.4, 0.5) is 19.0 Å². The molecule has 6 unspecified atom stereocenters. The Labute approximate surface area is 207 Å². The number of hydrogen-bond acceptors (Lipinski definition) is 8. The molecule has 1 amide bonds. The Kier molecular flexibility index (Phi) is 6.13. The van der Waals surface area contributed by atoms with Crippen LogP contribution in [0.3, 0.4) is 0 Å². The summed E-state index contributed by atoms with van der Waals surface area (Å²) in [6, 6.07) is 1.77. The highest BCUT2D eigenvalue weighted by atomic mass is 19.4. The van der Waals surface area contributed by atoms with Crippen molar-refractivity contribution >= 4 is 11.7 Å². The molecule has 198 valence electrons. The first-order chi connectivity index (χ1) is 17.3. The highest BCUT2D eigenvalue weighted by Crippen LogP contribution is 2.50. The number of rotatable bonds is 5. The van der Waals surface area contributed by atoms with Crippen LogP contribution in [0.25, 0.3) is 0 Å². The van der Waals surface area contributed by atoms with Crippen LogP contribution in [0.15, 0.2) is 12.3 Å². The van der Waals surface area contributed by atoms with Crippen molar-refractivity contribution < 1.29 is 32.2 Å². The van der Waals surface area contributed by atoms with Gasteiger partial charge in [0.1, 0.15) is 5.82 Å². The van der Waals surface area contributed by atoms with Crippen LogP contribution in [0.2, 0.25) is 0 Å². The number of likely N-dealkylation sites (tertiary alicyclic amines) is 1. The Morgan fingerprint density at radius 2 is 2.11 bits per heavy atom. The molecular formula is C24H32F3N5O4. The molecule has 1 aliphatic carbocycles. The lowest BCUT2D eigenvalue weighted by Crippen LogP contribution is -2.55. The molecule has 1 saturated carbocycles. The van der Waals surface area contributed by atoms with E-state index in [4.69, 9.17) is 14.2 Å². The number of ether oxygens (including phenoxy) is 3. The van der Waals surface area contributed by atoms with E-state index in [1.807, 2.05) is 9.80 Å². The van der Waals surface area contributed by atoms with Gasteiger partial charge in [0.2, 0.25) is 11.7 Å². The van der Waals surface area contributed by atoms with E-state index < -0.39 is 17.4 Å². The number of aromatic nitrogens is 2. The van der Waals surface area contributed by atoms with Crippen LogP contribution in [0.5, 0.6) is 0 Å². The van der Waals surface area contributed by atoms with Gasteiger partial charge in [0.25, 0.3) is 0 Å². The summed E-state index contributed by atoms with van der Waals surface area (Å²) in [6.07, 6.45) is 0.254. The average Bonchev–Trinajstić information content (AvgIpc) is 3.63. The van der Waals surface area contributed by atoms with Gasteiger partial charge >= 0.3 is 6.18 Å². The van der Waals surface area contributed by atoms with Crippen molar-refractivity contribution in [3.8, 4) is 0 Å². The first-order valence-corrected chi connectivity index (χ1v) is 12.7. The van der Waals surface area contributed by atoms with E-state index >= 15 is 0 Å². The monoisotopic (exact) mass is 511 g/mol. The Bertz CT molecular complexity index is 999. The van der Waals surface area contributed by atoms with Crippen molar-refractivity contribution in [1.29, 1.82) is 0 Å². The lowest BCUT2D eigenvalue weighted by atomic mass is 9.80. The van der Waals surface area contributed by atoms with E-state index in [0.717, 1.165) is 31.9 Å². The van der Waals surface area contributed by atoms with Gasteiger partial charge in [-0.05, 0) is 38.2 Å². The van der Waals surface area contributed by atoms with Crippen molar-refractivity contribution in [3.05, 3.63) is 18.1 Å². The molecule has 2 bridgehead atoms. The zero-order valence-electron chi connectivity index (χ0n) is 20.2. The molecule has 4 saturated heterocycles. The van der Waals surface area contributed by atoms with E-state index in [1.54, 1.807) is 7.11 Å². The first-order valence-electron chi connectivity index (χ1n) is 12.7. The minimum absolute atomic E-state index is 0.00767. The third kappa shape index (κ3) is 4.06. The van der Waals surface area contributed by atoms with Gasteiger partial charge in [-0.1, -0.05) is 0 Å². The highest BCUT2D eigenvalue weighted by Gasteiger charge is 2.60. The molecule has 1 aromatic heterocycles. The van der Waals surface area contributed by atoms with Crippen molar-refractivity contribution in [2.24, 2.45) is 5.41 Å². The summed E-state index contributed by atoms with van der Waals surface area (Å²) >= 11 is 0. The SMILES string of the molecule is COC1COCCC1NC1CC2OCCC2(C(=O)N2C[C@@H]3CC2CN3c2ccnc(C(F)(F)F)n2)C1. The summed E-state index contributed by atoms with van der Waals surface area (Å²) < 4.78 is 56.5. The average molecular weight is 512 g/mol. The Morgan fingerprint density at radius 1 is 1.25 bits per heavy atom. The molecule has 36 heavy (non-hydrogen) atoms. The van der Waals surface area contributed by atoms with E-state index in [0.29, 0.717) is 39.3 Å². The largest absolute Gasteiger partial charge is 0.451 e. The predicted octanol–water partition coefficient (Wildman–Crippen LogP) is 1.62. The first kappa shape index (κ1) is 24.3. The fraction of sp³-hybridized carbons (Fsp3) is 0.792. The van der Waals surface area contributed by atoms with Gasteiger partial charge < -0.3 is 29.3 Å². The number of fused-ring (bicyclic) bond motifs is 3. The normalized spacial score (nSPS) is 38.1. The Hall–Kier alpha value is -2.02. The molecule has 1 N–H and O–H groups in total. The summed E-state index contributed by atoms with van der Waals surface area (Å²) in [4.78, 5) is 25.0. The number of piperazine rings is 1. The fourth-order valence-corrected chi connectivity index (χ4v) is 7.04. The predicted molar refractivity (Wildman–Crippen MR) is 121 cm³/mol.